The molecule has 0 bridgehead atoms. The number of esters is 1. The lowest BCUT2D eigenvalue weighted by molar-refractivity contribution is -0.165. The number of rotatable bonds is 9. The molecular weight excluding hydrogens is 843 g/mol. The van der Waals surface area contributed by atoms with Gasteiger partial charge in [-0.15, -0.1) is 0 Å². The van der Waals surface area contributed by atoms with E-state index in [1.807, 2.05) is 0 Å². The fraction of sp³-hybridized carbons (Fsp3) is 0.543. The summed E-state index contributed by atoms with van der Waals surface area (Å²) < 4.78 is 10.6. The van der Waals surface area contributed by atoms with Crippen molar-refractivity contribution >= 4 is 53.3 Å². The largest absolute Gasteiger partial charge is 0.480 e. The van der Waals surface area contributed by atoms with E-state index in [0.717, 1.165) is 25.7 Å². The first-order valence-corrected chi connectivity index (χ1v) is 22.4. The summed E-state index contributed by atoms with van der Waals surface area (Å²) in [5, 5.41) is 18.1. The highest BCUT2D eigenvalue weighted by Crippen LogP contribution is 2.28. The zero-order valence-electron chi connectivity index (χ0n) is 37.0. The van der Waals surface area contributed by atoms with Gasteiger partial charge in [0.1, 0.15) is 30.2 Å². The van der Waals surface area contributed by atoms with Gasteiger partial charge in [-0.3, -0.25) is 38.4 Å². The second-order valence-electron chi connectivity index (χ2n) is 17.0. The highest BCUT2D eigenvalue weighted by molar-refractivity contribution is 5.99. The van der Waals surface area contributed by atoms with E-state index in [0.29, 0.717) is 56.5 Å². The summed E-state index contributed by atoms with van der Waals surface area (Å²) in [5.41, 5.74) is 0.891. The van der Waals surface area contributed by atoms with Gasteiger partial charge in [0.2, 0.25) is 35.8 Å². The Balaban J connectivity index is 0.000000224. The number of nitrogens with one attached hydrogen (secondary N) is 3. The smallest absolute Gasteiger partial charge is 0.328 e. The van der Waals surface area contributed by atoms with Crippen LogP contribution in [0, 0.1) is 0 Å². The average Bonchev–Trinajstić information content (AvgIpc) is 3.64. The van der Waals surface area contributed by atoms with Gasteiger partial charge in [0, 0.05) is 44.7 Å². The minimum absolute atomic E-state index is 0.0174. The van der Waals surface area contributed by atoms with Crippen molar-refractivity contribution in [1.29, 1.82) is 0 Å². The van der Waals surface area contributed by atoms with Crippen LogP contribution in [0.2, 0.25) is 0 Å². The van der Waals surface area contributed by atoms with Gasteiger partial charge in [-0.2, -0.15) is 0 Å². The van der Waals surface area contributed by atoms with E-state index in [1.165, 1.54) is 28.5 Å². The number of ether oxygens (including phenoxy) is 2. The molecule has 5 aliphatic heterocycles. The molecule has 7 rings (SSSR count). The summed E-state index contributed by atoms with van der Waals surface area (Å²) >= 11 is 0. The van der Waals surface area contributed by atoms with Crippen molar-refractivity contribution in [2.24, 2.45) is 0 Å². The Morgan fingerprint density at radius 1 is 0.646 bits per heavy atom. The van der Waals surface area contributed by atoms with Gasteiger partial charge >= 0.3 is 11.9 Å². The molecule has 19 nitrogen and oxygen atoms in total. The maximum absolute atomic E-state index is 13.9. The SMILES string of the molecule is CC(=O)N1C[C@@H]2CCCC[C@H](NC(=O)c3ccccc3)C(=O)N2[C@H](C(=O)O)C1.CCOC1OC(=O)CC1NC(=O)[C@@H]1CN(C(C)=O)C[C@@H]2CCCC[C@H](NC(=O)c3ccccc3)C(=O)N21. The van der Waals surface area contributed by atoms with Crippen LogP contribution in [0.4, 0.5) is 0 Å². The monoisotopic (exact) mass is 901 g/mol. The number of benzene rings is 2. The van der Waals surface area contributed by atoms with Crippen LogP contribution in [-0.2, 0) is 43.0 Å². The Bertz CT molecular complexity index is 2090. The molecule has 8 atom stereocenters. The number of cyclic esters (lactones) is 1. The molecule has 0 radical (unpaired) electrons. The number of nitrogens with zero attached hydrogens (tertiary/aromatic N) is 4. The van der Waals surface area contributed by atoms with Gasteiger partial charge in [-0.1, -0.05) is 62.1 Å². The second-order valence-corrected chi connectivity index (χ2v) is 17.0. The van der Waals surface area contributed by atoms with Crippen molar-refractivity contribution in [3.05, 3.63) is 71.8 Å². The van der Waals surface area contributed by atoms with E-state index in [1.54, 1.807) is 72.5 Å². The highest BCUT2D eigenvalue weighted by atomic mass is 16.7. The van der Waals surface area contributed by atoms with Gasteiger partial charge in [0.15, 0.2) is 0 Å². The fourth-order valence-corrected chi connectivity index (χ4v) is 9.23. The number of carbonyl (C=O) groups is 9. The first-order chi connectivity index (χ1) is 31.2. The number of fused-ring (bicyclic) bond motifs is 2. The number of carboxylic acid groups (broad SMARTS) is 1. The summed E-state index contributed by atoms with van der Waals surface area (Å²) in [5.74, 6) is -3.96. The van der Waals surface area contributed by atoms with Crippen molar-refractivity contribution in [3.63, 3.8) is 0 Å². The van der Waals surface area contributed by atoms with Crippen LogP contribution in [-0.4, -0.2) is 159 Å². The Morgan fingerprint density at radius 2 is 1.09 bits per heavy atom. The molecule has 0 saturated carbocycles. The van der Waals surface area contributed by atoms with Gasteiger partial charge in [0.25, 0.3) is 11.8 Å². The molecule has 4 N–H and O–H groups in total. The van der Waals surface area contributed by atoms with Crippen LogP contribution in [0.1, 0.15) is 99.3 Å². The summed E-state index contributed by atoms with van der Waals surface area (Å²) in [6.07, 6.45) is 4.26. The maximum Gasteiger partial charge on any atom is 0.328 e. The molecule has 2 unspecified atom stereocenters. The molecule has 0 aromatic heterocycles. The van der Waals surface area contributed by atoms with Gasteiger partial charge in [-0.05, 0) is 56.9 Å². The first-order valence-electron chi connectivity index (χ1n) is 22.4. The zero-order valence-corrected chi connectivity index (χ0v) is 37.0. The number of amides is 7. The minimum Gasteiger partial charge on any atom is -0.480 e. The minimum atomic E-state index is -1.14. The van der Waals surface area contributed by atoms with Gasteiger partial charge < -0.3 is 50.1 Å². The molecule has 5 fully saturated rings. The second kappa shape index (κ2) is 22.0. The maximum atomic E-state index is 13.9. The van der Waals surface area contributed by atoms with Gasteiger partial charge in [-0.25, -0.2) is 4.79 Å². The number of hydrogen-bond acceptors (Lipinski definition) is 11. The Hall–Kier alpha value is -6.37. The number of hydrogen-bond donors (Lipinski definition) is 4. The number of piperazine rings is 2. The first kappa shape index (κ1) is 48.1. The lowest BCUT2D eigenvalue weighted by Gasteiger charge is -2.48. The van der Waals surface area contributed by atoms with Crippen molar-refractivity contribution in [2.45, 2.75) is 127 Å². The molecule has 0 spiro atoms. The van der Waals surface area contributed by atoms with E-state index in [-0.39, 0.29) is 67.0 Å². The average molecular weight is 902 g/mol. The van der Waals surface area contributed by atoms with E-state index in [9.17, 15) is 48.3 Å². The van der Waals surface area contributed by atoms with Crippen molar-refractivity contribution in [2.75, 3.05) is 32.8 Å². The molecule has 5 saturated heterocycles. The molecule has 7 amide bonds. The summed E-state index contributed by atoms with van der Waals surface area (Å²) in [4.78, 5) is 120. The summed E-state index contributed by atoms with van der Waals surface area (Å²) in [6, 6.07) is 12.2. The normalized spacial score (nSPS) is 26.8. The standard InChI is InChI=1S/C26H34N4O7.C20H25N3O5/c1-3-36-26-20(13-22(32)37-26)28-24(34)21-15-29(16(2)31)14-18-11-7-8-12-19(25(35)30(18)21)27-23(33)17-9-5-4-6-10-17;1-13(24)22-11-15-9-5-6-10-16(19(26)23(15)17(12-22)20(27)28)21-18(25)14-7-3-2-4-8-14/h4-6,9-10,18-21,26H,3,7-8,11-15H2,1-2H3,(H,27,33)(H,28,34);2-4,7-8,15-17H,5-6,9-12H2,1H3,(H,21,25)(H,27,28)/t18-,19-,20?,21-,26?;15-,16-,17-/m00/s1. The fourth-order valence-electron chi connectivity index (χ4n) is 9.23. The van der Waals surface area contributed by atoms with E-state index in [4.69, 9.17) is 9.47 Å². The molecule has 350 valence electrons. The Kier molecular flexibility index (Phi) is 16.3. The number of carbonyl (C=O) groups excluding carboxylic acids is 8. The van der Waals surface area contributed by atoms with Crippen LogP contribution in [0.15, 0.2) is 60.7 Å². The molecule has 2 aromatic carbocycles. The lowest BCUT2D eigenvalue weighted by atomic mass is 9.93. The van der Waals surface area contributed by atoms with Crippen LogP contribution in [0.5, 0.6) is 0 Å². The van der Waals surface area contributed by atoms with Crippen molar-refractivity contribution < 1.29 is 57.7 Å². The number of carboxylic acids is 1. The molecule has 19 heteroatoms. The summed E-state index contributed by atoms with van der Waals surface area (Å²) in [7, 11) is 0. The Labute approximate surface area is 377 Å². The van der Waals surface area contributed by atoms with Gasteiger partial charge in [0.05, 0.1) is 31.6 Å². The number of aliphatic carboxylic acids is 1. The topological polar surface area (TPSA) is 241 Å². The third kappa shape index (κ3) is 11.9. The molecule has 0 aliphatic carbocycles. The van der Waals surface area contributed by atoms with Crippen LogP contribution < -0.4 is 16.0 Å². The molecule has 5 aliphatic rings. The van der Waals surface area contributed by atoms with Crippen molar-refractivity contribution in [1.82, 2.24) is 35.6 Å². The Morgan fingerprint density at radius 3 is 1.54 bits per heavy atom. The molecule has 65 heavy (non-hydrogen) atoms. The third-order valence-corrected chi connectivity index (χ3v) is 12.6. The third-order valence-electron chi connectivity index (χ3n) is 12.6. The van der Waals surface area contributed by atoms with E-state index < -0.39 is 54.3 Å². The quantitative estimate of drug-likeness (QED) is 0.262. The lowest BCUT2D eigenvalue weighted by Crippen LogP contribution is -2.68. The van der Waals surface area contributed by atoms with Crippen LogP contribution in [0.3, 0.4) is 0 Å². The van der Waals surface area contributed by atoms with Crippen molar-refractivity contribution in [3.8, 4) is 0 Å². The predicted molar refractivity (Wildman–Crippen MR) is 231 cm³/mol. The highest BCUT2D eigenvalue weighted by Gasteiger charge is 2.47. The van der Waals surface area contributed by atoms with Crippen LogP contribution >= 0.6 is 0 Å². The zero-order chi connectivity index (χ0) is 46.8. The van der Waals surface area contributed by atoms with Crippen LogP contribution in [0.25, 0.3) is 0 Å². The summed E-state index contributed by atoms with van der Waals surface area (Å²) in [6.45, 7) is 5.51. The van der Waals surface area contributed by atoms with E-state index >= 15 is 0 Å². The molecule has 2 aromatic rings. The molecular formula is C46H59N7O12. The predicted octanol–water partition coefficient (Wildman–Crippen LogP) is 1.45. The van der Waals surface area contributed by atoms with E-state index in [2.05, 4.69) is 16.0 Å². The molecule has 5 heterocycles.